The van der Waals surface area contributed by atoms with Gasteiger partial charge in [0.2, 0.25) is 0 Å². The Morgan fingerprint density at radius 2 is 2.31 bits per heavy atom. The van der Waals surface area contributed by atoms with Gasteiger partial charge in [-0.15, -0.1) is 11.3 Å². The van der Waals surface area contributed by atoms with E-state index in [1.54, 1.807) is 0 Å². The summed E-state index contributed by atoms with van der Waals surface area (Å²) < 4.78 is 1.79. The molecule has 1 aliphatic carbocycles. The lowest BCUT2D eigenvalue weighted by molar-refractivity contribution is 0.0950. The molecule has 0 spiro atoms. The van der Waals surface area contributed by atoms with Gasteiger partial charge in [-0.2, -0.15) is 0 Å². The molecule has 1 fully saturated rings. The van der Waals surface area contributed by atoms with E-state index in [4.69, 9.17) is 5.73 Å². The van der Waals surface area contributed by atoms with E-state index in [-0.39, 0.29) is 11.9 Å². The van der Waals surface area contributed by atoms with Crippen LogP contribution in [0.25, 0.3) is 0 Å². The zero-order valence-electron chi connectivity index (χ0n) is 8.50. The van der Waals surface area contributed by atoms with Gasteiger partial charge in [0.15, 0.2) is 0 Å². The third kappa shape index (κ3) is 3.06. The third-order valence-corrected chi connectivity index (χ3v) is 4.97. The van der Waals surface area contributed by atoms with Crippen LogP contribution in [0.4, 0.5) is 0 Å². The number of hydrogen-bond donors (Lipinski definition) is 2. The number of nitrogens with one attached hydrogen (secondary N) is 1. The topological polar surface area (TPSA) is 55.1 Å². The summed E-state index contributed by atoms with van der Waals surface area (Å²) in [4.78, 5) is 11.8. The monoisotopic (exact) mass is 366 g/mol. The smallest absolute Gasteiger partial charge is 0.253 e. The molecule has 1 amide bonds. The summed E-state index contributed by atoms with van der Waals surface area (Å²) in [7, 11) is 0. The van der Waals surface area contributed by atoms with E-state index in [1.807, 2.05) is 6.07 Å². The van der Waals surface area contributed by atoms with Crippen LogP contribution in [0.15, 0.2) is 13.6 Å². The molecule has 1 aromatic heterocycles. The Labute approximate surface area is 115 Å². The van der Waals surface area contributed by atoms with Gasteiger partial charge < -0.3 is 11.1 Å². The number of carbonyl (C=O) groups is 1. The molecule has 1 saturated carbocycles. The molecule has 1 unspecified atom stereocenters. The maximum Gasteiger partial charge on any atom is 0.253 e. The molecule has 3 nitrogen and oxygen atoms in total. The predicted octanol–water partition coefficient (Wildman–Crippen LogP) is 2.74. The molecule has 1 aliphatic rings. The van der Waals surface area contributed by atoms with Crippen molar-refractivity contribution >= 4 is 49.1 Å². The molecule has 1 aromatic rings. The summed E-state index contributed by atoms with van der Waals surface area (Å²) in [6.07, 6.45) is 2.40. The van der Waals surface area contributed by atoms with Gasteiger partial charge in [0.1, 0.15) is 0 Å². The number of carbonyl (C=O) groups excluding carboxylic acids is 1. The van der Waals surface area contributed by atoms with Crippen LogP contribution in [0.2, 0.25) is 0 Å². The van der Waals surface area contributed by atoms with Crippen LogP contribution in [0.3, 0.4) is 0 Å². The summed E-state index contributed by atoms with van der Waals surface area (Å²) in [5.74, 6) is 0.544. The van der Waals surface area contributed by atoms with Crippen molar-refractivity contribution in [1.82, 2.24) is 5.32 Å². The fraction of sp³-hybridized carbons (Fsp3) is 0.500. The van der Waals surface area contributed by atoms with Crippen LogP contribution < -0.4 is 11.1 Å². The van der Waals surface area contributed by atoms with Crippen molar-refractivity contribution in [3.8, 4) is 0 Å². The van der Waals surface area contributed by atoms with E-state index in [0.29, 0.717) is 18.0 Å². The molecule has 0 saturated heterocycles. The highest BCUT2D eigenvalue weighted by Crippen LogP contribution is 2.32. The molecule has 2 rings (SSSR count). The van der Waals surface area contributed by atoms with E-state index in [0.717, 1.165) is 7.57 Å². The average Bonchev–Trinajstić information content (AvgIpc) is 3.01. The van der Waals surface area contributed by atoms with Crippen molar-refractivity contribution < 1.29 is 4.79 Å². The zero-order valence-corrected chi connectivity index (χ0v) is 12.5. The van der Waals surface area contributed by atoms with Gasteiger partial charge in [-0.05, 0) is 56.7 Å². The Morgan fingerprint density at radius 3 is 2.81 bits per heavy atom. The first-order chi connectivity index (χ1) is 7.58. The molecule has 6 heteroatoms. The molecule has 16 heavy (non-hydrogen) atoms. The Balaban J connectivity index is 1.89. The molecule has 0 aromatic carbocycles. The number of amides is 1. The van der Waals surface area contributed by atoms with E-state index in [9.17, 15) is 4.79 Å². The fourth-order valence-electron chi connectivity index (χ4n) is 1.49. The Bertz CT molecular complexity index is 404. The normalized spacial score (nSPS) is 17.2. The quantitative estimate of drug-likeness (QED) is 0.859. The Hall–Kier alpha value is 0.0900. The van der Waals surface area contributed by atoms with Gasteiger partial charge in [-0.25, -0.2) is 0 Å². The largest absolute Gasteiger partial charge is 0.350 e. The lowest BCUT2D eigenvalue weighted by atomic mass is 10.2. The minimum atomic E-state index is -0.0649. The highest BCUT2D eigenvalue weighted by atomic mass is 79.9. The third-order valence-electron chi connectivity index (χ3n) is 2.63. The van der Waals surface area contributed by atoms with Crippen LogP contribution in [0.5, 0.6) is 0 Å². The highest BCUT2D eigenvalue weighted by Gasteiger charge is 2.28. The van der Waals surface area contributed by atoms with E-state index >= 15 is 0 Å². The summed E-state index contributed by atoms with van der Waals surface area (Å²) in [6, 6.07) is 1.91. The fourth-order valence-corrected chi connectivity index (χ4v) is 4.29. The van der Waals surface area contributed by atoms with Crippen molar-refractivity contribution in [2.45, 2.75) is 18.9 Å². The molecule has 1 atom stereocenters. The lowest BCUT2D eigenvalue weighted by Crippen LogP contribution is -2.38. The van der Waals surface area contributed by atoms with Gasteiger partial charge in [0, 0.05) is 12.6 Å². The Kier molecular flexibility index (Phi) is 4.05. The zero-order chi connectivity index (χ0) is 11.7. The molecule has 0 radical (unpaired) electrons. The first kappa shape index (κ1) is 12.5. The second kappa shape index (κ2) is 5.16. The number of rotatable bonds is 4. The second-order valence-electron chi connectivity index (χ2n) is 3.95. The van der Waals surface area contributed by atoms with E-state index < -0.39 is 0 Å². The molecule has 1 heterocycles. The predicted molar refractivity (Wildman–Crippen MR) is 72.8 cm³/mol. The average molecular weight is 368 g/mol. The van der Waals surface area contributed by atoms with Crippen LogP contribution >= 0.6 is 43.2 Å². The van der Waals surface area contributed by atoms with Crippen LogP contribution in [-0.2, 0) is 0 Å². The summed E-state index contributed by atoms with van der Waals surface area (Å²) >= 11 is 8.20. The molecule has 0 bridgehead atoms. The van der Waals surface area contributed by atoms with Crippen LogP contribution in [0, 0.1) is 5.92 Å². The van der Waals surface area contributed by atoms with Gasteiger partial charge >= 0.3 is 0 Å². The molecular formula is C10H12Br2N2OS. The van der Waals surface area contributed by atoms with Crippen molar-refractivity contribution in [2.75, 3.05) is 6.54 Å². The lowest BCUT2D eigenvalue weighted by Gasteiger charge is -2.10. The SMILES string of the molecule is NC(CNC(=O)c1cc(Br)sc1Br)C1CC1. The minimum absolute atomic E-state index is 0.0649. The second-order valence-corrected chi connectivity index (χ2v) is 7.70. The van der Waals surface area contributed by atoms with Crippen LogP contribution in [0.1, 0.15) is 23.2 Å². The number of halogens is 2. The van der Waals surface area contributed by atoms with Gasteiger partial charge in [-0.1, -0.05) is 0 Å². The van der Waals surface area contributed by atoms with E-state index in [1.165, 1.54) is 24.2 Å². The molecule has 88 valence electrons. The Morgan fingerprint density at radius 1 is 1.62 bits per heavy atom. The van der Waals surface area contributed by atoms with Crippen molar-refractivity contribution in [1.29, 1.82) is 0 Å². The van der Waals surface area contributed by atoms with Crippen molar-refractivity contribution in [2.24, 2.45) is 11.7 Å². The molecule has 0 aliphatic heterocycles. The summed E-state index contributed by atoms with van der Waals surface area (Å²) in [5.41, 5.74) is 6.58. The van der Waals surface area contributed by atoms with Crippen molar-refractivity contribution in [3.63, 3.8) is 0 Å². The summed E-state index contributed by atoms with van der Waals surface area (Å²) in [6.45, 7) is 0.559. The van der Waals surface area contributed by atoms with Gasteiger partial charge in [0.05, 0.1) is 13.1 Å². The first-order valence-corrected chi connectivity index (χ1v) is 7.47. The molecule has 3 N–H and O–H groups in total. The number of thiophene rings is 1. The number of hydrogen-bond acceptors (Lipinski definition) is 3. The maximum absolute atomic E-state index is 11.8. The van der Waals surface area contributed by atoms with Crippen molar-refractivity contribution in [3.05, 3.63) is 19.2 Å². The highest BCUT2D eigenvalue weighted by molar-refractivity contribution is 9.12. The van der Waals surface area contributed by atoms with E-state index in [2.05, 4.69) is 37.2 Å². The maximum atomic E-state index is 11.8. The van der Waals surface area contributed by atoms with Gasteiger partial charge in [-0.3, -0.25) is 4.79 Å². The number of nitrogens with two attached hydrogens (primary N) is 1. The summed E-state index contributed by atoms with van der Waals surface area (Å²) in [5, 5.41) is 2.87. The first-order valence-electron chi connectivity index (χ1n) is 5.06. The standard InChI is InChI=1S/C10H12Br2N2OS/c11-8-3-6(9(12)16-8)10(15)14-4-7(13)5-1-2-5/h3,5,7H,1-2,4,13H2,(H,14,15). The van der Waals surface area contributed by atoms with Crippen LogP contribution in [-0.4, -0.2) is 18.5 Å². The molecular weight excluding hydrogens is 356 g/mol. The minimum Gasteiger partial charge on any atom is -0.350 e. The van der Waals surface area contributed by atoms with Gasteiger partial charge in [0.25, 0.3) is 5.91 Å².